The first kappa shape index (κ1) is 18.6. The van der Waals surface area contributed by atoms with E-state index >= 15 is 0 Å². The second kappa shape index (κ2) is 7.89. The van der Waals surface area contributed by atoms with E-state index in [2.05, 4.69) is 9.51 Å². The van der Waals surface area contributed by atoms with E-state index in [-0.39, 0.29) is 17.3 Å². The van der Waals surface area contributed by atoms with Gasteiger partial charge in [-0.3, -0.25) is 0 Å². The lowest BCUT2D eigenvalue weighted by Crippen LogP contribution is -2.38. The van der Waals surface area contributed by atoms with Gasteiger partial charge >= 0.3 is 11.7 Å². The maximum absolute atomic E-state index is 12.6. The Morgan fingerprint density at radius 3 is 2.52 bits per heavy atom. The Balaban J connectivity index is 2.42. The van der Waals surface area contributed by atoms with Crippen molar-refractivity contribution in [3.8, 4) is 0 Å². The van der Waals surface area contributed by atoms with E-state index in [1.165, 1.54) is 30.5 Å². The Kier molecular flexibility index (Phi) is 5.87. The molecule has 1 atom stereocenters. The average Bonchev–Trinajstić information content (AvgIpc) is 3.09. The van der Waals surface area contributed by atoms with Gasteiger partial charge in [0.2, 0.25) is 10.0 Å². The molecule has 0 aliphatic carbocycles. The monoisotopic (exact) mass is 363 g/mol. The van der Waals surface area contributed by atoms with Crippen LogP contribution in [0.15, 0.2) is 52.0 Å². The van der Waals surface area contributed by atoms with Crippen molar-refractivity contribution in [1.82, 2.24) is 4.72 Å². The second-order valence-electron chi connectivity index (χ2n) is 5.09. The summed E-state index contributed by atoms with van der Waals surface area (Å²) in [6, 6.07) is 7.76. The molecule has 0 fully saturated rings. The minimum Gasteiger partial charge on any atom is -0.467 e. The summed E-state index contributed by atoms with van der Waals surface area (Å²) in [5, 5.41) is 0. The standard InChI is InChI=1S/C16H17N3O5S/c1-3-23-16(20)15(18-17)14(13-5-4-10-24-13)19-25(21,22)12-8-6-11(2)7-9-12/h4-10,14,19H,3H2,1-2H3. The van der Waals surface area contributed by atoms with Crippen LogP contribution in [-0.4, -0.2) is 31.5 Å². The number of aryl methyl sites for hydroxylation is 1. The van der Waals surface area contributed by atoms with Gasteiger partial charge < -0.3 is 14.7 Å². The molecule has 8 nitrogen and oxygen atoms in total. The Morgan fingerprint density at radius 1 is 1.32 bits per heavy atom. The smallest absolute Gasteiger partial charge is 0.419 e. The summed E-state index contributed by atoms with van der Waals surface area (Å²) in [6.45, 7) is 3.44. The lowest BCUT2D eigenvalue weighted by molar-refractivity contribution is -0.140. The minimum atomic E-state index is -4.02. The van der Waals surface area contributed by atoms with Crippen molar-refractivity contribution >= 4 is 21.7 Å². The van der Waals surface area contributed by atoms with Gasteiger partial charge in [0.05, 0.1) is 17.8 Å². The van der Waals surface area contributed by atoms with E-state index in [4.69, 9.17) is 9.15 Å². The molecule has 0 radical (unpaired) electrons. The molecule has 0 saturated heterocycles. The van der Waals surface area contributed by atoms with E-state index in [0.29, 0.717) is 0 Å². The highest BCUT2D eigenvalue weighted by molar-refractivity contribution is 7.89. The summed E-state index contributed by atoms with van der Waals surface area (Å²) >= 11 is 0. The SMILES string of the molecule is CCOC(=O)C(=[N+]=[N-])C(NS(=O)(=O)c1ccc(C)cc1)c1ccco1. The molecular formula is C16H17N3O5S. The summed E-state index contributed by atoms with van der Waals surface area (Å²) in [4.78, 5) is 14.9. The van der Waals surface area contributed by atoms with Gasteiger partial charge in [-0.2, -0.15) is 9.51 Å². The van der Waals surface area contributed by atoms with Gasteiger partial charge in [0.15, 0.2) is 6.04 Å². The molecule has 0 saturated carbocycles. The number of nitrogens with zero attached hydrogens (tertiary/aromatic N) is 2. The number of sulfonamides is 1. The number of benzene rings is 1. The molecular weight excluding hydrogens is 346 g/mol. The van der Waals surface area contributed by atoms with Crippen molar-refractivity contribution < 1.29 is 27.2 Å². The summed E-state index contributed by atoms with van der Waals surface area (Å²) in [5.74, 6) is -0.880. The lowest BCUT2D eigenvalue weighted by Gasteiger charge is -2.13. The zero-order chi connectivity index (χ0) is 18.4. The number of hydrogen-bond acceptors (Lipinski definition) is 5. The van der Waals surface area contributed by atoms with Gasteiger partial charge in [0.25, 0.3) is 0 Å². The average molecular weight is 363 g/mol. The summed E-state index contributed by atoms with van der Waals surface area (Å²) < 4.78 is 37.5. The van der Waals surface area contributed by atoms with Gasteiger partial charge in [-0.1, -0.05) is 17.7 Å². The molecule has 1 unspecified atom stereocenters. The van der Waals surface area contributed by atoms with Crippen LogP contribution in [0.3, 0.4) is 0 Å². The number of carbonyl (C=O) groups is 1. The van der Waals surface area contributed by atoms with Gasteiger partial charge in [0, 0.05) is 0 Å². The minimum absolute atomic E-state index is 0.00388. The third-order valence-corrected chi connectivity index (χ3v) is 4.74. The fraction of sp³-hybridized carbons (Fsp3) is 0.250. The lowest BCUT2D eigenvalue weighted by atomic mass is 10.1. The number of ether oxygens (including phenoxy) is 1. The van der Waals surface area contributed by atoms with Crippen molar-refractivity contribution in [2.75, 3.05) is 6.61 Å². The predicted octanol–water partition coefficient (Wildman–Crippen LogP) is 1.84. The van der Waals surface area contributed by atoms with Crippen LogP contribution < -0.4 is 4.72 Å². The van der Waals surface area contributed by atoms with Crippen molar-refractivity contribution in [2.45, 2.75) is 24.8 Å². The molecule has 1 heterocycles. The molecule has 1 N–H and O–H groups in total. The van der Waals surface area contributed by atoms with Crippen LogP contribution in [0.4, 0.5) is 0 Å². The Labute approximate surface area is 145 Å². The maximum atomic E-state index is 12.6. The summed E-state index contributed by atoms with van der Waals surface area (Å²) in [6.07, 6.45) is 1.31. The molecule has 2 rings (SSSR count). The summed E-state index contributed by atoms with van der Waals surface area (Å²) in [5.41, 5.74) is 9.57. The van der Waals surface area contributed by atoms with Crippen molar-refractivity contribution in [3.63, 3.8) is 0 Å². The molecule has 0 bridgehead atoms. The van der Waals surface area contributed by atoms with Gasteiger partial charge in [-0.05, 0) is 38.1 Å². The van der Waals surface area contributed by atoms with Crippen LogP contribution in [-0.2, 0) is 19.6 Å². The fourth-order valence-corrected chi connectivity index (χ4v) is 3.23. The van der Waals surface area contributed by atoms with E-state index in [0.717, 1.165) is 5.56 Å². The molecule has 25 heavy (non-hydrogen) atoms. The van der Waals surface area contributed by atoms with Crippen molar-refractivity contribution in [2.24, 2.45) is 0 Å². The molecule has 0 spiro atoms. The molecule has 0 amide bonds. The van der Waals surface area contributed by atoms with Crippen molar-refractivity contribution in [3.05, 3.63) is 59.5 Å². The highest BCUT2D eigenvalue weighted by Crippen LogP contribution is 2.20. The molecule has 1 aromatic heterocycles. The molecule has 0 aliphatic rings. The summed E-state index contributed by atoms with van der Waals surface area (Å²) in [7, 11) is -4.02. The largest absolute Gasteiger partial charge is 0.467 e. The first-order chi connectivity index (χ1) is 11.9. The van der Waals surface area contributed by atoms with Gasteiger partial charge in [-0.15, -0.1) is 0 Å². The van der Waals surface area contributed by atoms with Crippen LogP contribution in [0.2, 0.25) is 0 Å². The Bertz CT molecular complexity index is 882. The van der Waals surface area contributed by atoms with E-state index in [1.54, 1.807) is 19.1 Å². The molecule has 9 heteroatoms. The number of nitrogens with one attached hydrogen (secondary N) is 1. The third kappa shape index (κ3) is 4.42. The highest BCUT2D eigenvalue weighted by atomic mass is 32.2. The molecule has 132 valence electrons. The highest BCUT2D eigenvalue weighted by Gasteiger charge is 2.39. The van der Waals surface area contributed by atoms with Crippen LogP contribution in [0.1, 0.15) is 24.3 Å². The molecule has 2 aromatic rings. The van der Waals surface area contributed by atoms with E-state index in [1.807, 2.05) is 6.92 Å². The second-order valence-corrected chi connectivity index (χ2v) is 6.80. The van der Waals surface area contributed by atoms with Crippen LogP contribution in [0, 0.1) is 6.92 Å². The molecule has 0 aliphatic heterocycles. The van der Waals surface area contributed by atoms with E-state index in [9.17, 15) is 18.7 Å². The van der Waals surface area contributed by atoms with Crippen LogP contribution in [0.5, 0.6) is 0 Å². The van der Waals surface area contributed by atoms with Gasteiger partial charge in [0.1, 0.15) is 5.76 Å². The zero-order valence-corrected chi connectivity index (χ0v) is 14.5. The third-order valence-electron chi connectivity index (χ3n) is 3.30. The number of hydrogen-bond donors (Lipinski definition) is 1. The number of carbonyl (C=O) groups excluding carboxylic acids is 1. The quantitative estimate of drug-likeness (QED) is 0.348. The first-order valence-electron chi connectivity index (χ1n) is 7.40. The fourth-order valence-electron chi connectivity index (χ4n) is 2.07. The number of furan rings is 1. The zero-order valence-electron chi connectivity index (χ0n) is 13.7. The normalized spacial score (nSPS) is 12.2. The molecule has 1 aromatic carbocycles. The number of esters is 1. The topological polar surface area (TPSA) is 122 Å². The van der Waals surface area contributed by atoms with Gasteiger partial charge in [-0.25, -0.2) is 13.2 Å². The van der Waals surface area contributed by atoms with Crippen LogP contribution in [0.25, 0.3) is 5.53 Å². The Hall–Kier alpha value is -2.74. The Morgan fingerprint density at radius 2 is 2.00 bits per heavy atom. The maximum Gasteiger partial charge on any atom is 0.419 e. The number of rotatable bonds is 7. The van der Waals surface area contributed by atoms with Crippen molar-refractivity contribution in [1.29, 1.82) is 0 Å². The van der Waals surface area contributed by atoms with E-state index < -0.39 is 27.7 Å². The predicted molar refractivity (Wildman–Crippen MR) is 88.2 cm³/mol. The van der Waals surface area contributed by atoms with Crippen LogP contribution >= 0.6 is 0 Å². The first-order valence-corrected chi connectivity index (χ1v) is 8.88.